The molecule has 3 rings (SSSR count). The van der Waals surface area contributed by atoms with Crippen molar-refractivity contribution in [3.05, 3.63) is 75.9 Å². The standard InChI is InChI=1S/C16H13F2NO4S2/c17-10-6-11(18)8-13(7-10)25(21,22)19-9-12-3-4-15(24-12)16(20)14-2-1-5-23-14/h1-8,16,19-20H,9H2. The zero-order valence-electron chi connectivity index (χ0n) is 12.6. The topological polar surface area (TPSA) is 79.5 Å². The summed E-state index contributed by atoms with van der Waals surface area (Å²) < 4.78 is 58.0. The number of aliphatic hydroxyl groups is 1. The van der Waals surface area contributed by atoms with Gasteiger partial charge in [-0.3, -0.25) is 0 Å². The van der Waals surface area contributed by atoms with E-state index < -0.39 is 32.7 Å². The number of aliphatic hydroxyl groups excluding tert-OH is 1. The fourth-order valence-corrected chi connectivity index (χ4v) is 4.24. The molecule has 9 heteroatoms. The van der Waals surface area contributed by atoms with E-state index in [2.05, 4.69) is 4.72 Å². The molecular weight excluding hydrogens is 372 g/mol. The molecule has 0 fully saturated rings. The molecule has 2 N–H and O–H groups in total. The maximum atomic E-state index is 13.2. The minimum absolute atomic E-state index is 0.0734. The summed E-state index contributed by atoms with van der Waals surface area (Å²) in [5.41, 5.74) is 0. The minimum atomic E-state index is -4.06. The zero-order valence-corrected chi connectivity index (χ0v) is 14.3. The molecule has 0 amide bonds. The van der Waals surface area contributed by atoms with Gasteiger partial charge in [-0.25, -0.2) is 21.9 Å². The lowest BCUT2D eigenvalue weighted by molar-refractivity contribution is 0.193. The molecule has 0 aliphatic heterocycles. The Labute approximate surface area is 146 Å². The molecule has 0 spiro atoms. The second-order valence-corrected chi connectivity index (χ2v) is 8.12. The normalized spacial score (nSPS) is 13.1. The molecule has 2 heterocycles. The average Bonchev–Trinajstić information content (AvgIpc) is 3.23. The lowest BCUT2D eigenvalue weighted by atomic mass is 10.2. The van der Waals surface area contributed by atoms with Crippen molar-refractivity contribution >= 4 is 21.4 Å². The third kappa shape index (κ3) is 4.13. The van der Waals surface area contributed by atoms with Gasteiger partial charge in [0.25, 0.3) is 0 Å². The smallest absolute Gasteiger partial charge is 0.241 e. The van der Waals surface area contributed by atoms with E-state index in [1.165, 1.54) is 17.6 Å². The van der Waals surface area contributed by atoms with E-state index in [4.69, 9.17) is 4.42 Å². The summed E-state index contributed by atoms with van der Waals surface area (Å²) in [6.45, 7) is -0.0734. The highest BCUT2D eigenvalue weighted by atomic mass is 32.2. The summed E-state index contributed by atoms with van der Waals surface area (Å²) in [4.78, 5) is 0.722. The van der Waals surface area contributed by atoms with Gasteiger partial charge >= 0.3 is 0 Å². The Morgan fingerprint density at radius 1 is 1.16 bits per heavy atom. The van der Waals surface area contributed by atoms with Crippen LogP contribution in [0.3, 0.4) is 0 Å². The first-order valence-corrected chi connectivity index (χ1v) is 9.41. The zero-order chi connectivity index (χ0) is 18.0. The van der Waals surface area contributed by atoms with Gasteiger partial charge in [-0.2, -0.15) is 0 Å². The van der Waals surface area contributed by atoms with Crippen molar-refractivity contribution in [2.45, 2.75) is 17.5 Å². The van der Waals surface area contributed by atoms with Crippen molar-refractivity contribution in [3.8, 4) is 0 Å². The van der Waals surface area contributed by atoms with Gasteiger partial charge in [0.1, 0.15) is 23.5 Å². The Bertz CT molecular complexity index is 948. The van der Waals surface area contributed by atoms with Gasteiger partial charge in [0.2, 0.25) is 10.0 Å². The van der Waals surface area contributed by atoms with Crippen LogP contribution in [0.2, 0.25) is 0 Å². The first-order chi connectivity index (χ1) is 11.8. The molecule has 0 saturated heterocycles. The predicted molar refractivity (Wildman–Crippen MR) is 87.5 cm³/mol. The summed E-state index contributed by atoms with van der Waals surface area (Å²) in [6, 6.07) is 8.67. The van der Waals surface area contributed by atoms with E-state index in [-0.39, 0.29) is 6.54 Å². The van der Waals surface area contributed by atoms with Gasteiger partial charge in [-0.05, 0) is 36.4 Å². The molecule has 1 atom stereocenters. The van der Waals surface area contributed by atoms with Crippen LogP contribution >= 0.6 is 11.3 Å². The number of nitrogens with one attached hydrogen (secondary N) is 1. The van der Waals surface area contributed by atoms with E-state index in [0.29, 0.717) is 21.6 Å². The molecule has 0 saturated carbocycles. The Hall–Kier alpha value is -2.07. The molecular formula is C16H13F2NO4S2. The van der Waals surface area contributed by atoms with Crippen LogP contribution in [-0.2, 0) is 16.6 Å². The number of thiophene rings is 1. The summed E-state index contributed by atoms with van der Waals surface area (Å²) in [5, 5.41) is 10.2. The van der Waals surface area contributed by atoms with Crippen LogP contribution in [0.4, 0.5) is 8.78 Å². The lowest BCUT2D eigenvalue weighted by Crippen LogP contribution is -2.23. The molecule has 25 heavy (non-hydrogen) atoms. The van der Waals surface area contributed by atoms with Crippen LogP contribution in [0.15, 0.2) is 58.0 Å². The van der Waals surface area contributed by atoms with Crippen LogP contribution in [0.25, 0.3) is 0 Å². The van der Waals surface area contributed by atoms with Crippen molar-refractivity contribution in [2.75, 3.05) is 0 Å². The summed E-state index contributed by atoms with van der Waals surface area (Å²) in [5.74, 6) is -1.56. The van der Waals surface area contributed by atoms with Crippen molar-refractivity contribution in [3.63, 3.8) is 0 Å². The maximum Gasteiger partial charge on any atom is 0.241 e. The molecule has 2 aromatic heterocycles. The number of halogens is 2. The van der Waals surface area contributed by atoms with Gasteiger partial charge in [0.15, 0.2) is 0 Å². The van der Waals surface area contributed by atoms with E-state index in [1.807, 2.05) is 0 Å². The number of furan rings is 1. The van der Waals surface area contributed by atoms with Crippen LogP contribution in [-0.4, -0.2) is 13.5 Å². The Morgan fingerprint density at radius 3 is 2.52 bits per heavy atom. The van der Waals surface area contributed by atoms with Crippen molar-refractivity contribution in [1.82, 2.24) is 4.72 Å². The Balaban J connectivity index is 1.71. The molecule has 1 unspecified atom stereocenters. The SMILES string of the molecule is O=S(=O)(NCc1ccc(C(O)c2ccco2)s1)c1cc(F)cc(F)c1. The second kappa shape index (κ2) is 7.04. The third-order valence-electron chi connectivity index (χ3n) is 3.35. The molecule has 3 aromatic rings. The molecule has 1 aromatic carbocycles. The number of benzene rings is 1. The van der Waals surface area contributed by atoms with Crippen molar-refractivity contribution in [1.29, 1.82) is 0 Å². The predicted octanol–water partition coefficient (Wildman–Crippen LogP) is 3.18. The summed E-state index contributed by atoms with van der Waals surface area (Å²) in [7, 11) is -4.06. The Morgan fingerprint density at radius 2 is 1.88 bits per heavy atom. The Kier molecular flexibility index (Phi) is 5.00. The van der Waals surface area contributed by atoms with E-state index in [9.17, 15) is 22.3 Å². The molecule has 0 radical (unpaired) electrons. The highest BCUT2D eigenvalue weighted by Gasteiger charge is 2.18. The fraction of sp³-hybridized carbons (Fsp3) is 0.125. The first kappa shape index (κ1) is 17.7. The van der Waals surface area contributed by atoms with E-state index >= 15 is 0 Å². The molecule has 132 valence electrons. The van der Waals surface area contributed by atoms with E-state index in [0.717, 1.165) is 12.1 Å². The average molecular weight is 385 g/mol. The number of sulfonamides is 1. The van der Waals surface area contributed by atoms with Gasteiger partial charge in [-0.15, -0.1) is 11.3 Å². The third-order valence-corrected chi connectivity index (χ3v) is 5.87. The lowest BCUT2D eigenvalue weighted by Gasteiger charge is -2.06. The van der Waals surface area contributed by atoms with Gasteiger partial charge in [0, 0.05) is 22.4 Å². The van der Waals surface area contributed by atoms with Crippen LogP contribution in [0.1, 0.15) is 21.6 Å². The monoisotopic (exact) mass is 385 g/mol. The molecule has 5 nitrogen and oxygen atoms in total. The van der Waals surface area contributed by atoms with Crippen LogP contribution in [0.5, 0.6) is 0 Å². The van der Waals surface area contributed by atoms with Crippen LogP contribution in [0, 0.1) is 11.6 Å². The minimum Gasteiger partial charge on any atom is -0.466 e. The summed E-state index contributed by atoms with van der Waals surface area (Å²) >= 11 is 1.20. The van der Waals surface area contributed by atoms with Gasteiger partial charge in [-0.1, -0.05) is 0 Å². The first-order valence-electron chi connectivity index (χ1n) is 7.11. The fourth-order valence-electron chi connectivity index (χ4n) is 2.16. The molecule has 0 bridgehead atoms. The van der Waals surface area contributed by atoms with E-state index in [1.54, 1.807) is 24.3 Å². The quantitative estimate of drug-likeness (QED) is 0.683. The van der Waals surface area contributed by atoms with Crippen molar-refractivity contribution < 1.29 is 26.7 Å². The highest BCUT2D eigenvalue weighted by molar-refractivity contribution is 7.89. The second-order valence-electron chi connectivity index (χ2n) is 5.15. The van der Waals surface area contributed by atoms with Crippen LogP contribution < -0.4 is 4.72 Å². The van der Waals surface area contributed by atoms with Crippen molar-refractivity contribution in [2.24, 2.45) is 0 Å². The van der Waals surface area contributed by atoms with Gasteiger partial charge in [0.05, 0.1) is 11.2 Å². The molecule has 0 aliphatic rings. The number of rotatable bonds is 6. The number of hydrogen-bond acceptors (Lipinski definition) is 5. The maximum absolute atomic E-state index is 13.2. The molecule has 0 aliphatic carbocycles. The largest absolute Gasteiger partial charge is 0.466 e. The summed E-state index contributed by atoms with van der Waals surface area (Å²) in [6.07, 6.45) is 0.502. The highest BCUT2D eigenvalue weighted by Crippen LogP contribution is 2.29. The van der Waals surface area contributed by atoms with Gasteiger partial charge < -0.3 is 9.52 Å². The number of hydrogen-bond donors (Lipinski definition) is 2.